The van der Waals surface area contributed by atoms with Gasteiger partial charge in [0, 0.05) is 0 Å². The van der Waals surface area contributed by atoms with Crippen LogP contribution in [0.25, 0.3) is 0 Å². The Bertz CT molecular complexity index is 357. The molecule has 0 aliphatic heterocycles. The zero-order valence-electron chi connectivity index (χ0n) is 8.10. The molecule has 82 valence electrons. The lowest BCUT2D eigenvalue weighted by atomic mass is 9.92. The van der Waals surface area contributed by atoms with E-state index in [-0.39, 0.29) is 5.75 Å². The molecule has 15 heavy (non-hydrogen) atoms. The monoisotopic (exact) mass is 216 g/mol. The van der Waals surface area contributed by atoms with E-state index in [4.69, 9.17) is 0 Å². The van der Waals surface area contributed by atoms with E-state index in [0.29, 0.717) is 0 Å². The molecular formula is C11H11F3O. The predicted octanol–water partition coefficient (Wildman–Crippen LogP) is 3.46. The van der Waals surface area contributed by atoms with Crippen molar-refractivity contribution in [3.8, 4) is 5.75 Å². The highest BCUT2D eigenvalue weighted by molar-refractivity contribution is 5.37. The Balaban J connectivity index is 2.21. The van der Waals surface area contributed by atoms with Gasteiger partial charge in [-0.3, -0.25) is 0 Å². The van der Waals surface area contributed by atoms with E-state index in [1.54, 1.807) is 6.07 Å². The van der Waals surface area contributed by atoms with Crippen molar-refractivity contribution < 1.29 is 17.9 Å². The molecular weight excluding hydrogens is 205 g/mol. The van der Waals surface area contributed by atoms with Crippen molar-refractivity contribution in [1.29, 1.82) is 0 Å². The molecule has 0 N–H and O–H groups in total. The minimum atomic E-state index is -4.59. The summed E-state index contributed by atoms with van der Waals surface area (Å²) < 4.78 is 39.7. The van der Waals surface area contributed by atoms with Crippen LogP contribution in [0.4, 0.5) is 13.2 Å². The van der Waals surface area contributed by atoms with E-state index in [2.05, 4.69) is 4.74 Å². The molecule has 0 radical (unpaired) electrons. The summed E-state index contributed by atoms with van der Waals surface area (Å²) in [4.78, 5) is 0. The minimum Gasteiger partial charge on any atom is -0.406 e. The maximum atomic E-state index is 12.0. The average Bonchev–Trinajstić information content (AvgIpc) is 2.15. The van der Waals surface area contributed by atoms with Gasteiger partial charge in [-0.25, -0.2) is 0 Å². The fraction of sp³-hybridized carbons (Fsp3) is 0.455. The normalized spacial score (nSPS) is 15.9. The Labute approximate surface area is 85.9 Å². The highest BCUT2D eigenvalue weighted by Crippen LogP contribution is 2.28. The van der Waals surface area contributed by atoms with Gasteiger partial charge in [0.05, 0.1) is 0 Å². The third kappa shape index (κ3) is 2.64. The average molecular weight is 216 g/mol. The second kappa shape index (κ2) is 3.76. The Morgan fingerprint density at radius 2 is 1.67 bits per heavy atom. The molecule has 2 rings (SSSR count). The lowest BCUT2D eigenvalue weighted by molar-refractivity contribution is -0.274. The molecule has 1 nitrogen and oxygen atoms in total. The zero-order valence-corrected chi connectivity index (χ0v) is 8.10. The summed E-state index contributed by atoms with van der Waals surface area (Å²) in [6.45, 7) is 0. The van der Waals surface area contributed by atoms with Gasteiger partial charge in [-0.2, -0.15) is 0 Å². The number of hydrogen-bond acceptors (Lipinski definition) is 1. The van der Waals surface area contributed by atoms with Crippen molar-refractivity contribution in [2.45, 2.75) is 32.0 Å². The van der Waals surface area contributed by atoms with Gasteiger partial charge >= 0.3 is 6.36 Å². The van der Waals surface area contributed by atoms with Crippen molar-refractivity contribution in [2.24, 2.45) is 0 Å². The summed E-state index contributed by atoms with van der Waals surface area (Å²) in [5, 5.41) is 0. The van der Waals surface area contributed by atoms with Crippen molar-refractivity contribution in [3.05, 3.63) is 29.3 Å². The molecule has 0 atom stereocenters. The summed E-state index contributed by atoms with van der Waals surface area (Å²) >= 11 is 0. The SMILES string of the molecule is FC(F)(F)Oc1ccc2c(c1)CCCC2. The van der Waals surface area contributed by atoms with Gasteiger partial charge in [-0.05, 0) is 48.9 Å². The van der Waals surface area contributed by atoms with E-state index in [0.717, 1.165) is 36.8 Å². The number of aryl methyl sites for hydroxylation is 2. The van der Waals surface area contributed by atoms with Crippen LogP contribution in [0.15, 0.2) is 18.2 Å². The van der Waals surface area contributed by atoms with Crippen molar-refractivity contribution in [1.82, 2.24) is 0 Å². The third-order valence-corrected chi connectivity index (χ3v) is 2.55. The molecule has 0 unspecified atom stereocenters. The summed E-state index contributed by atoms with van der Waals surface area (Å²) in [6, 6.07) is 4.62. The molecule has 0 saturated heterocycles. The van der Waals surface area contributed by atoms with Crippen LogP contribution in [-0.2, 0) is 12.8 Å². The van der Waals surface area contributed by atoms with Gasteiger partial charge in [0.25, 0.3) is 0 Å². The van der Waals surface area contributed by atoms with Crippen LogP contribution >= 0.6 is 0 Å². The highest BCUT2D eigenvalue weighted by atomic mass is 19.4. The summed E-state index contributed by atoms with van der Waals surface area (Å²) in [5.74, 6) is -0.108. The number of halogens is 3. The highest BCUT2D eigenvalue weighted by Gasteiger charge is 2.31. The fourth-order valence-electron chi connectivity index (χ4n) is 1.91. The topological polar surface area (TPSA) is 9.23 Å². The van der Waals surface area contributed by atoms with Crippen molar-refractivity contribution >= 4 is 0 Å². The first-order chi connectivity index (χ1) is 7.04. The minimum absolute atomic E-state index is 0.108. The molecule has 0 heterocycles. The van der Waals surface area contributed by atoms with Gasteiger partial charge in [-0.1, -0.05) is 6.07 Å². The molecule has 1 aliphatic carbocycles. The van der Waals surface area contributed by atoms with Crippen LogP contribution in [0.5, 0.6) is 5.75 Å². The van der Waals surface area contributed by atoms with Crippen LogP contribution in [0.3, 0.4) is 0 Å². The first kappa shape index (κ1) is 10.3. The number of ether oxygens (including phenoxy) is 1. The van der Waals surface area contributed by atoms with Crippen LogP contribution < -0.4 is 4.74 Å². The zero-order chi connectivity index (χ0) is 10.9. The smallest absolute Gasteiger partial charge is 0.406 e. The second-order valence-electron chi connectivity index (χ2n) is 3.69. The Hall–Kier alpha value is -1.19. The van der Waals surface area contributed by atoms with Crippen LogP contribution in [0.1, 0.15) is 24.0 Å². The molecule has 0 saturated carbocycles. The number of rotatable bonds is 1. The second-order valence-corrected chi connectivity index (χ2v) is 3.69. The van der Waals surface area contributed by atoms with Gasteiger partial charge in [0.2, 0.25) is 0 Å². The number of fused-ring (bicyclic) bond motifs is 1. The first-order valence-electron chi connectivity index (χ1n) is 4.92. The van der Waals surface area contributed by atoms with Crippen molar-refractivity contribution in [3.63, 3.8) is 0 Å². The summed E-state index contributed by atoms with van der Waals surface area (Å²) in [6.07, 6.45) is -0.621. The van der Waals surface area contributed by atoms with Crippen LogP contribution in [0, 0.1) is 0 Å². The Kier molecular flexibility index (Phi) is 2.59. The van der Waals surface area contributed by atoms with E-state index >= 15 is 0 Å². The number of alkyl halides is 3. The molecule has 4 heteroatoms. The first-order valence-corrected chi connectivity index (χ1v) is 4.92. The molecule has 0 aromatic heterocycles. The molecule has 1 aromatic carbocycles. The summed E-state index contributed by atoms with van der Waals surface area (Å²) in [7, 11) is 0. The van der Waals surface area contributed by atoms with Gasteiger partial charge < -0.3 is 4.74 Å². The Morgan fingerprint density at radius 1 is 1.00 bits per heavy atom. The molecule has 0 spiro atoms. The van der Waals surface area contributed by atoms with E-state index in [9.17, 15) is 13.2 Å². The van der Waals surface area contributed by atoms with Gasteiger partial charge in [-0.15, -0.1) is 13.2 Å². The number of benzene rings is 1. The van der Waals surface area contributed by atoms with Gasteiger partial charge in [0.1, 0.15) is 5.75 Å². The van der Waals surface area contributed by atoms with E-state index in [1.807, 2.05) is 0 Å². The van der Waals surface area contributed by atoms with E-state index in [1.165, 1.54) is 12.1 Å². The molecule has 0 fully saturated rings. The Morgan fingerprint density at radius 3 is 2.33 bits per heavy atom. The lowest BCUT2D eigenvalue weighted by Gasteiger charge is -2.17. The number of hydrogen-bond donors (Lipinski definition) is 0. The van der Waals surface area contributed by atoms with Gasteiger partial charge in [0.15, 0.2) is 0 Å². The maximum Gasteiger partial charge on any atom is 0.573 e. The predicted molar refractivity (Wildman–Crippen MR) is 49.8 cm³/mol. The largest absolute Gasteiger partial charge is 0.573 e. The lowest BCUT2D eigenvalue weighted by Crippen LogP contribution is -2.17. The molecule has 1 aliphatic rings. The van der Waals surface area contributed by atoms with Crippen LogP contribution in [0.2, 0.25) is 0 Å². The van der Waals surface area contributed by atoms with Crippen LogP contribution in [-0.4, -0.2) is 6.36 Å². The van der Waals surface area contributed by atoms with Crippen molar-refractivity contribution in [2.75, 3.05) is 0 Å². The summed E-state index contributed by atoms with van der Waals surface area (Å²) in [5.41, 5.74) is 2.14. The van der Waals surface area contributed by atoms with E-state index < -0.39 is 6.36 Å². The molecule has 1 aromatic rings. The maximum absolute atomic E-state index is 12.0. The molecule has 0 amide bonds. The third-order valence-electron chi connectivity index (χ3n) is 2.55. The quantitative estimate of drug-likeness (QED) is 0.698. The fourth-order valence-corrected chi connectivity index (χ4v) is 1.91. The molecule has 0 bridgehead atoms. The standard InChI is InChI=1S/C11H11F3O/c12-11(13,14)15-10-6-5-8-3-1-2-4-9(8)7-10/h5-7H,1-4H2.